The number of allylic oxidation sites excluding steroid dienone is 1. The molecule has 1 heterocycles. The van der Waals surface area contributed by atoms with E-state index in [9.17, 15) is 0 Å². The Bertz CT molecular complexity index is 1040. The minimum absolute atomic E-state index is 0.104. The lowest BCUT2D eigenvalue weighted by Gasteiger charge is -2.24. The fourth-order valence-corrected chi connectivity index (χ4v) is 3.58. The molecular weight excluding hydrogens is 396 g/mol. The van der Waals surface area contributed by atoms with Crippen molar-refractivity contribution in [3.05, 3.63) is 95.0 Å². The SMILES string of the molecule is COc1ccc(/C=C/C2=NN(c3ccc(Cl)cc3)C(c3ccc(OC)cc3)C2)cc1. The Kier molecular flexibility index (Phi) is 6.05. The molecule has 1 aliphatic heterocycles. The molecule has 0 saturated carbocycles. The molecule has 0 aliphatic carbocycles. The van der Waals surface area contributed by atoms with E-state index in [-0.39, 0.29) is 6.04 Å². The zero-order valence-corrected chi connectivity index (χ0v) is 17.7. The van der Waals surface area contributed by atoms with E-state index >= 15 is 0 Å². The molecule has 0 spiro atoms. The van der Waals surface area contributed by atoms with Crippen molar-refractivity contribution in [2.24, 2.45) is 5.10 Å². The fourth-order valence-electron chi connectivity index (χ4n) is 3.46. The second kappa shape index (κ2) is 9.06. The van der Waals surface area contributed by atoms with Crippen LogP contribution in [0.15, 0.2) is 84.0 Å². The Hall–Kier alpha value is -3.24. The highest BCUT2D eigenvalue weighted by Crippen LogP contribution is 2.36. The van der Waals surface area contributed by atoms with Crippen molar-refractivity contribution in [3.8, 4) is 11.5 Å². The molecule has 152 valence electrons. The number of halogens is 1. The largest absolute Gasteiger partial charge is 0.497 e. The monoisotopic (exact) mass is 418 g/mol. The van der Waals surface area contributed by atoms with Gasteiger partial charge in [-0.3, -0.25) is 5.01 Å². The number of ether oxygens (including phenoxy) is 2. The Morgan fingerprint density at radius 1 is 0.833 bits per heavy atom. The molecule has 3 aromatic rings. The summed E-state index contributed by atoms with van der Waals surface area (Å²) in [7, 11) is 3.35. The van der Waals surface area contributed by atoms with E-state index in [1.54, 1.807) is 14.2 Å². The van der Waals surface area contributed by atoms with Gasteiger partial charge in [-0.15, -0.1) is 0 Å². The summed E-state index contributed by atoms with van der Waals surface area (Å²) in [6.07, 6.45) is 4.96. The lowest BCUT2D eigenvalue weighted by molar-refractivity contribution is 0.414. The van der Waals surface area contributed by atoms with Gasteiger partial charge < -0.3 is 9.47 Å². The van der Waals surface area contributed by atoms with Crippen LogP contribution in [-0.2, 0) is 0 Å². The first-order valence-corrected chi connectivity index (χ1v) is 10.1. The van der Waals surface area contributed by atoms with Crippen LogP contribution in [0.2, 0.25) is 5.02 Å². The number of anilines is 1. The van der Waals surface area contributed by atoms with Crippen molar-refractivity contribution in [3.63, 3.8) is 0 Å². The third-order valence-corrected chi connectivity index (χ3v) is 5.36. The van der Waals surface area contributed by atoms with E-state index in [1.165, 1.54) is 5.56 Å². The van der Waals surface area contributed by atoms with Crippen LogP contribution in [0, 0.1) is 0 Å². The summed E-state index contributed by atoms with van der Waals surface area (Å²) in [5.74, 6) is 1.69. The van der Waals surface area contributed by atoms with Crippen LogP contribution >= 0.6 is 11.6 Å². The summed E-state index contributed by atoms with van der Waals surface area (Å²) in [6.45, 7) is 0. The predicted molar refractivity (Wildman–Crippen MR) is 124 cm³/mol. The topological polar surface area (TPSA) is 34.1 Å². The summed E-state index contributed by atoms with van der Waals surface area (Å²) < 4.78 is 10.5. The first-order valence-electron chi connectivity index (χ1n) is 9.74. The minimum Gasteiger partial charge on any atom is -0.497 e. The van der Waals surface area contributed by atoms with Crippen molar-refractivity contribution in [1.82, 2.24) is 0 Å². The quantitative estimate of drug-likeness (QED) is 0.466. The maximum atomic E-state index is 6.08. The van der Waals surface area contributed by atoms with Crippen LogP contribution < -0.4 is 14.5 Å². The van der Waals surface area contributed by atoms with Gasteiger partial charge >= 0.3 is 0 Å². The molecule has 5 heteroatoms. The molecule has 3 aromatic carbocycles. The number of benzene rings is 3. The average molecular weight is 419 g/mol. The maximum Gasteiger partial charge on any atom is 0.118 e. The van der Waals surface area contributed by atoms with Gasteiger partial charge in [0.05, 0.1) is 31.7 Å². The molecule has 0 fully saturated rings. The van der Waals surface area contributed by atoms with Crippen LogP contribution in [0.1, 0.15) is 23.6 Å². The summed E-state index contributed by atoms with van der Waals surface area (Å²) in [6, 6.07) is 24.0. The van der Waals surface area contributed by atoms with Crippen molar-refractivity contribution in [2.75, 3.05) is 19.2 Å². The predicted octanol–water partition coefficient (Wildman–Crippen LogP) is 6.38. The smallest absolute Gasteiger partial charge is 0.118 e. The summed E-state index contributed by atoms with van der Waals surface area (Å²) >= 11 is 6.08. The van der Waals surface area contributed by atoms with Gasteiger partial charge in [-0.05, 0) is 65.7 Å². The molecule has 1 unspecified atom stereocenters. The maximum absolute atomic E-state index is 6.08. The van der Waals surface area contributed by atoms with Crippen LogP contribution in [0.4, 0.5) is 5.69 Å². The summed E-state index contributed by atoms with van der Waals surface area (Å²) in [5, 5.41) is 7.67. The second-order valence-corrected chi connectivity index (χ2v) is 7.45. The standard InChI is InChI=1S/C25H23ClN2O2/c1-29-23-13-4-18(5-14-23)3-10-21-17-25(19-6-15-24(30-2)16-7-19)28(27-21)22-11-8-20(26)9-12-22/h3-16,25H,17H2,1-2H3/b10-3+. The molecule has 0 amide bonds. The third kappa shape index (κ3) is 4.50. The average Bonchev–Trinajstić information content (AvgIpc) is 3.23. The molecule has 0 radical (unpaired) electrons. The van der Waals surface area contributed by atoms with Gasteiger partial charge in [-0.1, -0.05) is 41.9 Å². The van der Waals surface area contributed by atoms with E-state index in [1.807, 2.05) is 60.7 Å². The lowest BCUT2D eigenvalue weighted by atomic mass is 10.0. The van der Waals surface area contributed by atoms with Gasteiger partial charge in [-0.25, -0.2) is 0 Å². The first-order chi connectivity index (χ1) is 14.7. The molecule has 0 aromatic heterocycles. The van der Waals surface area contributed by atoms with E-state index in [2.05, 4.69) is 29.3 Å². The van der Waals surface area contributed by atoms with Gasteiger partial charge in [0.2, 0.25) is 0 Å². The zero-order chi connectivity index (χ0) is 20.9. The molecule has 1 aliphatic rings. The fraction of sp³-hybridized carbons (Fsp3) is 0.160. The van der Waals surface area contributed by atoms with Crippen molar-refractivity contribution >= 4 is 29.1 Å². The molecule has 4 nitrogen and oxygen atoms in total. The molecular formula is C25H23ClN2O2. The first kappa shape index (κ1) is 20.0. The van der Waals surface area contributed by atoms with Crippen molar-refractivity contribution < 1.29 is 9.47 Å². The number of methoxy groups -OCH3 is 2. The number of hydrogen-bond acceptors (Lipinski definition) is 4. The highest BCUT2D eigenvalue weighted by molar-refractivity contribution is 6.30. The van der Waals surface area contributed by atoms with Gasteiger partial charge in [-0.2, -0.15) is 5.10 Å². The van der Waals surface area contributed by atoms with Gasteiger partial charge in [0, 0.05) is 11.4 Å². The minimum atomic E-state index is 0.104. The highest BCUT2D eigenvalue weighted by Gasteiger charge is 2.28. The summed E-state index contributed by atoms with van der Waals surface area (Å²) in [5.41, 5.74) is 4.31. The zero-order valence-electron chi connectivity index (χ0n) is 17.0. The molecule has 0 bridgehead atoms. The Morgan fingerprint density at radius 2 is 1.43 bits per heavy atom. The lowest BCUT2D eigenvalue weighted by Crippen LogP contribution is -2.18. The number of rotatable bonds is 6. The normalized spacial score (nSPS) is 16.0. The highest BCUT2D eigenvalue weighted by atomic mass is 35.5. The Labute approximate surface area is 182 Å². The van der Waals surface area contributed by atoms with Crippen LogP contribution in [-0.4, -0.2) is 19.9 Å². The summed E-state index contributed by atoms with van der Waals surface area (Å²) in [4.78, 5) is 0. The van der Waals surface area contributed by atoms with Crippen molar-refractivity contribution in [2.45, 2.75) is 12.5 Å². The van der Waals surface area contributed by atoms with E-state index in [0.717, 1.165) is 34.9 Å². The van der Waals surface area contributed by atoms with Gasteiger partial charge in [0.25, 0.3) is 0 Å². The molecule has 30 heavy (non-hydrogen) atoms. The molecule has 4 rings (SSSR count). The third-order valence-electron chi connectivity index (χ3n) is 5.11. The number of hydrazone groups is 1. The molecule has 0 saturated heterocycles. The molecule has 1 atom stereocenters. The van der Waals surface area contributed by atoms with Crippen LogP contribution in [0.5, 0.6) is 11.5 Å². The van der Waals surface area contributed by atoms with Gasteiger partial charge in [0.15, 0.2) is 0 Å². The Morgan fingerprint density at radius 3 is 2.03 bits per heavy atom. The number of hydrogen-bond donors (Lipinski definition) is 0. The van der Waals surface area contributed by atoms with E-state index in [4.69, 9.17) is 26.2 Å². The van der Waals surface area contributed by atoms with Crippen molar-refractivity contribution in [1.29, 1.82) is 0 Å². The Balaban J connectivity index is 1.61. The van der Waals surface area contributed by atoms with Crippen LogP contribution in [0.3, 0.4) is 0 Å². The molecule has 0 N–H and O–H groups in total. The van der Waals surface area contributed by atoms with E-state index in [0.29, 0.717) is 5.02 Å². The second-order valence-electron chi connectivity index (χ2n) is 7.01. The van der Waals surface area contributed by atoms with E-state index < -0.39 is 0 Å². The number of nitrogens with zero attached hydrogens (tertiary/aromatic N) is 2. The van der Waals surface area contributed by atoms with Gasteiger partial charge in [0.1, 0.15) is 11.5 Å². The van der Waals surface area contributed by atoms with Crippen LogP contribution in [0.25, 0.3) is 6.08 Å².